The van der Waals surface area contributed by atoms with E-state index in [4.69, 9.17) is 10.5 Å². The molecule has 0 spiro atoms. The molecule has 166 valence electrons. The summed E-state index contributed by atoms with van der Waals surface area (Å²) in [5.74, 6) is 0.244. The van der Waals surface area contributed by atoms with Gasteiger partial charge < -0.3 is 20.7 Å². The Morgan fingerprint density at radius 1 is 1.13 bits per heavy atom. The highest BCUT2D eigenvalue weighted by molar-refractivity contribution is 5.94. The lowest BCUT2D eigenvalue weighted by molar-refractivity contribution is 0.202. The fourth-order valence-corrected chi connectivity index (χ4v) is 4.11. The van der Waals surface area contributed by atoms with E-state index in [1.165, 1.54) is 37.9 Å². The van der Waals surface area contributed by atoms with E-state index in [1.54, 1.807) is 4.90 Å². The minimum atomic E-state index is -0.191. The predicted octanol–water partition coefficient (Wildman–Crippen LogP) is 3.77. The number of nitrogens with two attached hydrogens (primary N) is 1. The zero-order valence-electron chi connectivity index (χ0n) is 18.3. The standard InChI is InChI=1S/C23H32N6O2/c1-2-3-12-31-22-25-19-16-29(23(30)26-20(19)21(24)27-22)15-18-9-7-8-17(13-18)14-28-10-5-4-6-11-28/h7-9,13H,2-6,10-12,14-16H2,1H3,(H,26,30)(H2,24,25,27). The first-order valence-corrected chi connectivity index (χ1v) is 11.3. The quantitative estimate of drug-likeness (QED) is 0.626. The van der Waals surface area contributed by atoms with Crippen LogP contribution in [0.25, 0.3) is 0 Å². The zero-order chi connectivity index (χ0) is 21.6. The molecule has 1 fully saturated rings. The predicted molar refractivity (Wildman–Crippen MR) is 121 cm³/mol. The number of anilines is 2. The van der Waals surface area contributed by atoms with Gasteiger partial charge in [-0.25, -0.2) is 4.79 Å². The molecule has 2 aromatic rings. The Labute approximate surface area is 183 Å². The molecular weight excluding hydrogens is 392 g/mol. The molecule has 1 aromatic carbocycles. The highest BCUT2D eigenvalue weighted by Gasteiger charge is 2.27. The van der Waals surface area contributed by atoms with Gasteiger partial charge in [-0.15, -0.1) is 0 Å². The molecule has 2 amide bonds. The highest BCUT2D eigenvalue weighted by Crippen LogP contribution is 2.29. The van der Waals surface area contributed by atoms with E-state index >= 15 is 0 Å². The van der Waals surface area contributed by atoms with Gasteiger partial charge in [0.05, 0.1) is 18.8 Å². The van der Waals surface area contributed by atoms with Gasteiger partial charge in [-0.1, -0.05) is 44.0 Å². The number of nitrogens with zero attached hydrogens (tertiary/aromatic N) is 4. The van der Waals surface area contributed by atoms with Crippen LogP contribution >= 0.6 is 0 Å². The van der Waals surface area contributed by atoms with Crippen molar-refractivity contribution in [2.24, 2.45) is 0 Å². The van der Waals surface area contributed by atoms with Crippen molar-refractivity contribution in [1.29, 1.82) is 0 Å². The van der Waals surface area contributed by atoms with E-state index in [2.05, 4.69) is 51.4 Å². The van der Waals surface area contributed by atoms with E-state index in [9.17, 15) is 4.79 Å². The van der Waals surface area contributed by atoms with Gasteiger partial charge in [-0.05, 0) is 43.5 Å². The minimum Gasteiger partial charge on any atom is -0.463 e. The van der Waals surface area contributed by atoms with E-state index in [1.807, 2.05) is 0 Å². The number of carbonyl (C=O) groups is 1. The molecule has 3 heterocycles. The van der Waals surface area contributed by atoms with Gasteiger partial charge in [0.2, 0.25) is 0 Å². The van der Waals surface area contributed by atoms with Crippen LogP contribution in [-0.4, -0.2) is 45.5 Å². The van der Waals surface area contributed by atoms with E-state index in [-0.39, 0.29) is 17.9 Å². The summed E-state index contributed by atoms with van der Waals surface area (Å²) in [6.07, 6.45) is 5.85. The van der Waals surface area contributed by atoms with Crippen molar-refractivity contribution in [3.05, 3.63) is 41.1 Å². The van der Waals surface area contributed by atoms with Crippen molar-refractivity contribution in [2.75, 3.05) is 30.7 Å². The normalized spacial score (nSPS) is 16.7. The van der Waals surface area contributed by atoms with Crippen molar-refractivity contribution < 1.29 is 9.53 Å². The van der Waals surface area contributed by atoms with Crippen molar-refractivity contribution in [1.82, 2.24) is 19.8 Å². The maximum atomic E-state index is 12.7. The molecule has 0 unspecified atom stereocenters. The van der Waals surface area contributed by atoms with Crippen LogP contribution in [0, 0.1) is 0 Å². The number of ether oxygens (including phenoxy) is 1. The molecule has 0 atom stereocenters. The third kappa shape index (κ3) is 5.44. The number of aromatic nitrogens is 2. The average molecular weight is 425 g/mol. The van der Waals surface area contributed by atoms with Crippen LogP contribution in [0.2, 0.25) is 0 Å². The molecule has 0 saturated carbocycles. The molecule has 8 heteroatoms. The van der Waals surface area contributed by atoms with E-state index in [0.717, 1.165) is 24.9 Å². The van der Waals surface area contributed by atoms with Crippen molar-refractivity contribution in [2.45, 2.75) is 58.7 Å². The SMILES string of the molecule is CCCCOc1nc(N)c2c(n1)CN(Cc1cccc(CN3CCCCC3)c1)C(=O)N2. The number of likely N-dealkylation sites (tertiary alicyclic amines) is 1. The molecule has 8 nitrogen and oxygen atoms in total. The summed E-state index contributed by atoms with van der Waals surface area (Å²) < 4.78 is 5.62. The van der Waals surface area contributed by atoms with Gasteiger partial charge >= 0.3 is 12.0 Å². The third-order valence-electron chi connectivity index (χ3n) is 5.80. The summed E-state index contributed by atoms with van der Waals surface area (Å²) in [6.45, 7) is 6.82. The summed E-state index contributed by atoms with van der Waals surface area (Å²) in [7, 11) is 0. The molecule has 0 radical (unpaired) electrons. The monoisotopic (exact) mass is 424 g/mol. The molecule has 31 heavy (non-hydrogen) atoms. The van der Waals surface area contributed by atoms with Crippen LogP contribution < -0.4 is 15.8 Å². The zero-order valence-corrected chi connectivity index (χ0v) is 18.3. The molecule has 2 aliphatic rings. The largest absolute Gasteiger partial charge is 0.463 e. The number of urea groups is 1. The Hall–Kier alpha value is -2.87. The second-order valence-corrected chi connectivity index (χ2v) is 8.36. The van der Waals surface area contributed by atoms with Gasteiger partial charge in [0.25, 0.3) is 0 Å². The number of hydrogen-bond donors (Lipinski definition) is 2. The number of benzene rings is 1. The second-order valence-electron chi connectivity index (χ2n) is 8.36. The lowest BCUT2D eigenvalue weighted by Gasteiger charge is -2.29. The molecule has 1 saturated heterocycles. The van der Waals surface area contributed by atoms with Crippen LogP contribution in [-0.2, 0) is 19.6 Å². The van der Waals surface area contributed by atoms with E-state index in [0.29, 0.717) is 31.1 Å². The third-order valence-corrected chi connectivity index (χ3v) is 5.80. The topological polar surface area (TPSA) is 96.6 Å². The Morgan fingerprint density at radius 3 is 2.68 bits per heavy atom. The van der Waals surface area contributed by atoms with Crippen LogP contribution in [0.4, 0.5) is 16.3 Å². The molecule has 0 aliphatic carbocycles. The number of amides is 2. The Balaban J connectivity index is 1.44. The number of nitrogens with one attached hydrogen (secondary N) is 1. The second kappa shape index (κ2) is 9.96. The molecular formula is C23H32N6O2. The number of carbonyl (C=O) groups excluding carboxylic acids is 1. The van der Waals surface area contributed by atoms with Crippen molar-refractivity contribution >= 4 is 17.5 Å². The summed E-state index contributed by atoms with van der Waals surface area (Å²) in [6, 6.07) is 8.58. The summed E-state index contributed by atoms with van der Waals surface area (Å²) in [5, 5.41) is 2.85. The Morgan fingerprint density at radius 2 is 1.90 bits per heavy atom. The number of hydrogen-bond acceptors (Lipinski definition) is 6. The molecule has 4 rings (SSSR count). The number of piperidine rings is 1. The fourth-order valence-electron chi connectivity index (χ4n) is 4.11. The molecule has 2 aliphatic heterocycles. The number of fused-ring (bicyclic) bond motifs is 1. The van der Waals surface area contributed by atoms with Crippen molar-refractivity contribution in [3.63, 3.8) is 0 Å². The maximum Gasteiger partial charge on any atom is 0.322 e. The van der Waals surface area contributed by atoms with Gasteiger partial charge in [0, 0.05) is 13.1 Å². The lowest BCUT2D eigenvalue weighted by atomic mass is 10.1. The minimum absolute atomic E-state index is 0.191. The van der Waals surface area contributed by atoms with Crippen molar-refractivity contribution in [3.8, 4) is 6.01 Å². The first-order valence-electron chi connectivity index (χ1n) is 11.3. The van der Waals surface area contributed by atoms with E-state index < -0.39 is 0 Å². The first kappa shape index (κ1) is 21.4. The van der Waals surface area contributed by atoms with Crippen LogP contribution in [0.1, 0.15) is 55.8 Å². The Bertz CT molecular complexity index is 913. The van der Waals surface area contributed by atoms with Gasteiger partial charge in [-0.2, -0.15) is 9.97 Å². The smallest absolute Gasteiger partial charge is 0.322 e. The number of rotatable bonds is 8. The summed E-state index contributed by atoms with van der Waals surface area (Å²) >= 11 is 0. The summed E-state index contributed by atoms with van der Waals surface area (Å²) in [5.41, 5.74) is 9.61. The molecule has 0 bridgehead atoms. The summed E-state index contributed by atoms with van der Waals surface area (Å²) in [4.78, 5) is 25.6. The first-order chi connectivity index (χ1) is 15.1. The molecule has 1 aromatic heterocycles. The van der Waals surface area contributed by atoms with Gasteiger partial charge in [-0.3, -0.25) is 4.90 Å². The van der Waals surface area contributed by atoms with Crippen LogP contribution in [0.3, 0.4) is 0 Å². The fraction of sp³-hybridized carbons (Fsp3) is 0.522. The lowest BCUT2D eigenvalue weighted by Crippen LogP contribution is -2.39. The van der Waals surface area contributed by atoms with Gasteiger partial charge in [0.15, 0.2) is 5.82 Å². The van der Waals surface area contributed by atoms with Crippen LogP contribution in [0.5, 0.6) is 6.01 Å². The number of unbranched alkanes of at least 4 members (excludes halogenated alkanes) is 1. The Kier molecular flexibility index (Phi) is 6.86. The number of nitrogen functional groups attached to an aromatic ring is 1. The van der Waals surface area contributed by atoms with Gasteiger partial charge in [0.1, 0.15) is 5.69 Å². The molecule has 3 N–H and O–H groups in total. The maximum absolute atomic E-state index is 12.7. The average Bonchev–Trinajstić information content (AvgIpc) is 2.76. The highest BCUT2D eigenvalue weighted by atomic mass is 16.5. The van der Waals surface area contributed by atoms with Crippen LogP contribution in [0.15, 0.2) is 24.3 Å².